The van der Waals surface area contributed by atoms with E-state index in [1.54, 1.807) is 0 Å². The topological polar surface area (TPSA) is 52.5 Å². The van der Waals surface area contributed by atoms with Gasteiger partial charge in [-0.05, 0) is 30.4 Å². The summed E-state index contributed by atoms with van der Waals surface area (Å²) in [5, 5.41) is 22.2. The van der Waals surface area contributed by atoms with Crippen LogP contribution in [-0.2, 0) is 6.42 Å². The largest absolute Gasteiger partial charge is 0.395 e. The Morgan fingerprint density at radius 1 is 0.958 bits per heavy atom. The molecule has 0 aromatic heterocycles. The fraction of sp³-hybridized carbons (Fsp3) is 0.700. The molecular weight excluding hydrogens is 322 g/mol. The lowest BCUT2D eigenvalue weighted by Crippen LogP contribution is -2.35. The summed E-state index contributed by atoms with van der Waals surface area (Å²) in [6.07, 6.45) is 10.1. The van der Waals surface area contributed by atoms with Crippen molar-refractivity contribution >= 4 is 12.4 Å². The molecule has 0 saturated carbocycles. The number of halogens is 1. The van der Waals surface area contributed by atoms with Gasteiger partial charge in [-0.1, -0.05) is 63.3 Å². The maximum Gasteiger partial charge on any atom is 0.0590 e. The van der Waals surface area contributed by atoms with Crippen LogP contribution in [0.3, 0.4) is 0 Å². The zero-order valence-corrected chi connectivity index (χ0v) is 15.7. The van der Waals surface area contributed by atoms with Gasteiger partial charge in [-0.15, -0.1) is 12.4 Å². The molecule has 3 atom stereocenters. The van der Waals surface area contributed by atoms with Gasteiger partial charge in [0.15, 0.2) is 0 Å². The minimum atomic E-state index is 0. The van der Waals surface area contributed by atoms with Crippen LogP contribution < -0.4 is 5.32 Å². The molecule has 1 aliphatic rings. The first-order valence-corrected chi connectivity index (χ1v) is 9.35. The van der Waals surface area contributed by atoms with Crippen molar-refractivity contribution in [3.8, 4) is 0 Å². The Labute approximate surface area is 153 Å². The SMILES string of the molecule is CCCCCCCCc1ccc([C@H]2C[C@H](CO)N[C@@H]2CO)cc1.Cl. The van der Waals surface area contributed by atoms with Gasteiger partial charge in [-0.3, -0.25) is 0 Å². The van der Waals surface area contributed by atoms with E-state index in [2.05, 4.69) is 36.5 Å². The number of benzene rings is 1. The van der Waals surface area contributed by atoms with Crippen molar-refractivity contribution in [2.45, 2.75) is 76.3 Å². The summed E-state index contributed by atoms with van der Waals surface area (Å²) < 4.78 is 0. The summed E-state index contributed by atoms with van der Waals surface area (Å²) in [6, 6.07) is 9.07. The van der Waals surface area contributed by atoms with Crippen LogP contribution in [0.2, 0.25) is 0 Å². The highest BCUT2D eigenvalue weighted by molar-refractivity contribution is 5.85. The van der Waals surface area contributed by atoms with Gasteiger partial charge in [-0.2, -0.15) is 0 Å². The van der Waals surface area contributed by atoms with Crippen LogP contribution in [0.1, 0.15) is 68.9 Å². The molecule has 24 heavy (non-hydrogen) atoms. The monoisotopic (exact) mass is 355 g/mol. The Morgan fingerprint density at radius 3 is 2.25 bits per heavy atom. The smallest absolute Gasteiger partial charge is 0.0590 e. The summed E-state index contributed by atoms with van der Waals surface area (Å²) in [6.45, 7) is 2.52. The quantitative estimate of drug-likeness (QED) is 0.559. The average Bonchev–Trinajstić information content (AvgIpc) is 3.02. The minimum Gasteiger partial charge on any atom is -0.395 e. The van der Waals surface area contributed by atoms with Crippen LogP contribution >= 0.6 is 12.4 Å². The normalized spacial score (nSPS) is 23.2. The Kier molecular flexibility index (Phi) is 10.6. The van der Waals surface area contributed by atoms with Gasteiger partial charge in [0.2, 0.25) is 0 Å². The van der Waals surface area contributed by atoms with E-state index in [1.807, 2.05) is 0 Å². The second-order valence-corrected chi connectivity index (χ2v) is 6.94. The highest BCUT2D eigenvalue weighted by atomic mass is 35.5. The molecule has 1 aromatic rings. The van der Waals surface area contributed by atoms with Gasteiger partial charge in [0.25, 0.3) is 0 Å². The molecule has 0 bridgehead atoms. The summed E-state index contributed by atoms with van der Waals surface area (Å²) in [5.41, 5.74) is 2.69. The van der Waals surface area contributed by atoms with E-state index in [0.717, 1.165) is 12.8 Å². The Balaban J connectivity index is 0.00000288. The number of rotatable bonds is 10. The fourth-order valence-corrected chi connectivity index (χ4v) is 3.67. The molecule has 1 saturated heterocycles. The summed E-state index contributed by atoms with van der Waals surface area (Å²) >= 11 is 0. The van der Waals surface area contributed by atoms with Crippen molar-refractivity contribution in [1.29, 1.82) is 0 Å². The van der Waals surface area contributed by atoms with Crippen LogP contribution in [0.5, 0.6) is 0 Å². The van der Waals surface area contributed by atoms with E-state index < -0.39 is 0 Å². The van der Waals surface area contributed by atoms with Crippen molar-refractivity contribution < 1.29 is 10.2 Å². The number of aliphatic hydroxyl groups excluding tert-OH is 2. The van der Waals surface area contributed by atoms with Crippen molar-refractivity contribution in [3.05, 3.63) is 35.4 Å². The Morgan fingerprint density at radius 2 is 1.62 bits per heavy atom. The molecule has 1 fully saturated rings. The predicted octanol–water partition coefficient (Wildman–Crippen LogP) is 3.81. The minimum absolute atomic E-state index is 0. The van der Waals surface area contributed by atoms with Crippen LogP contribution in [-0.4, -0.2) is 35.5 Å². The fourth-order valence-electron chi connectivity index (χ4n) is 3.67. The molecule has 4 heteroatoms. The number of hydrogen-bond acceptors (Lipinski definition) is 3. The predicted molar refractivity (Wildman–Crippen MR) is 103 cm³/mol. The third-order valence-electron chi connectivity index (χ3n) is 5.12. The Hall–Kier alpha value is -0.610. The zero-order valence-electron chi connectivity index (χ0n) is 14.9. The number of aryl methyl sites for hydroxylation is 1. The second-order valence-electron chi connectivity index (χ2n) is 6.94. The highest BCUT2D eigenvalue weighted by Crippen LogP contribution is 2.31. The molecule has 138 valence electrons. The summed E-state index contributed by atoms with van der Waals surface area (Å²) in [5.74, 6) is 0.306. The van der Waals surface area contributed by atoms with Crippen molar-refractivity contribution in [3.63, 3.8) is 0 Å². The number of nitrogens with one attached hydrogen (secondary N) is 1. The summed E-state index contributed by atoms with van der Waals surface area (Å²) in [7, 11) is 0. The van der Waals surface area contributed by atoms with E-state index in [9.17, 15) is 10.2 Å². The van der Waals surface area contributed by atoms with Crippen LogP contribution in [0.25, 0.3) is 0 Å². The lowest BCUT2D eigenvalue weighted by molar-refractivity contribution is 0.224. The van der Waals surface area contributed by atoms with E-state index in [-0.39, 0.29) is 37.7 Å². The molecule has 1 aromatic carbocycles. The number of aliphatic hydroxyl groups is 2. The molecule has 3 nitrogen and oxygen atoms in total. The standard InChI is InChI=1S/C20H33NO2.ClH/c1-2-3-4-5-6-7-8-16-9-11-17(12-10-16)19-13-18(14-22)21-20(19)15-23;/h9-12,18-23H,2-8,13-15H2,1H3;1H/t18-,19-,20-;/m1./s1. The Bertz CT molecular complexity index is 438. The first-order chi connectivity index (χ1) is 11.3. The van der Waals surface area contributed by atoms with Crippen LogP contribution in [0, 0.1) is 0 Å². The van der Waals surface area contributed by atoms with Gasteiger partial charge in [0.05, 0.1) is 13.2 Å². The average molecular weight is 356 g/mol. The summed E-state index contributed by atoms with van der Waals surface area (Å²) in [4.78, 5) is 0. The number of hydrogen-bond donors (Lipinski definition) is 3. The molecule has 1 aliphatic heterocycles. The first-order valence-electron chi connectivity index (χ1n) is 9.35. The maximum absolute atomic E-state index is 9.53. The maximum atomic E-state index is 9.53. The lowest BCUT2D eigenvalue weighted by atomic mass is 9.90. The van der Waals surface area contributed by atoms with E-state index in [1.165, 1.54) is 49.7 Å². The first kappa shape index (κ1) is 21.4. The highest BCUT2D eigenvalue weighted by Gasteiger charge is 2.33. The van der Waals surface area contributed by atoms with Crippen LogP contribution in [0.4, 0.5) is 0 Å². The van der Waals surface area contributed by atoms with Crippen molar-refractivity contribution in [1.82, 2.24) is 5.32 Å². The van der Waals surface area contributed by atoms with Crippen molar-refractivity contribution in [2.75, 3.05) is 13.2 Å². The van der Waals surface area contributed by atoms with Crippen LogP contribution in [0.15, 0.2) is 24.3 Å². The molecule has 3 N–H and O–H groups in total. The van der Waals surface area contributed by atoms with E-state index in [0.29, 0.717) is 5.92 Å². The van der Waals surface area contributed by atoms with E-state index >= 15 is 0 Å². The number of unbranched alkanes of at least 4 members (excludes halogenated alkanes) is 5. The molecule has 2 rings (SSSR count). The molecule has 0 amide bonds. The van der Waals surface area contributed by atoms with E-state index in [4.69, 9.17) is 0 Å². The van der Waals surface area contributed by atoms with Crippen molar-refractivity contribution in [2.24, 2.45) is 0 Å². The van der Waals surface area contributed by atoms with Gasteiger partial charge in [0.1, 0.15) is 0 Å². The molecule has 0 radical (unpaired) electrons. The third kappa shape index (κ3) is 6.36. The third-order valence-corrected chi connectivity index (χ3v) is 5.12. The van der Waals surface area contributed by atoms with Gasteiger partial charge in [-0.25, -0.2) is 0 Å². The lowest BCUT2D eigenvalue weighted by Gasteiger charge is -2.17. The molecular formula is C20H34ClNO2. The van der Waals surface area contributed by atoms with Gasteiger partial charge in [0, 0.05) is 18.0 Å². The van der Waals surface area contributed by atoms with Gasteiger partial charge < -0.3 is 15.5 Å². The molecule has 0 unspecified atom stereocenters. The second kappa shape index (κ2) is 11.9. The zero-order chi connectivity index (χ0) is 16.5. The molecule has 1 heterocycles. The molecule has 0 spiro atoms. The molecule has 0 aliphatic carbocycles. The van der Waals surface area contributed by atoms with Gasteiger partial charge >= 0.3 is 0 Å².